The molecule has 1 unspecified atom stereocenters. The number of rotatable bonds is 3. The number of aromatic nitrogens is 2. The van der Waals surface area contributed by atoms with Crippen LogP contribution in [0, 0.1) is 0 Å². The average Bonchev–Trinajstić information content (AvgIpc) is 2.38. The number of H-pyrrole nitrogens is 1. The average molecular weight is 297 g/mol. The van der Waals surface area contributed by atoms with E-state index in [4.69, 9.17) is 23.2 Å². The topological polar surface area (TPSA) is 45.8 Å². The monoisotopic (exact) mass is 296 g/mol. The second kappa shape index (κ2) is 5.76. The first-order valence-corrected chi connectivity index (χ1v) is 6.83. The molecule has 1 aromatic carbocycles. The molecular weight excluding hydrogens is 283 g/mol. The molecule has 0 amide bonds. The number of halogens is 2. The SMILES string of the molecule is CCC(C)c1c(Cl)cc(-c2ccc(=O)[nH]n2)cc1Cl. The molecule has 0 aliphatic rings. The zero-order chi connectivity index (χ0) is 14.0. The van der Waals surface area contributed by atoms with Crippen molar-refractivity contribution in [2.75, 3.05) is 0 Å². The van der Waals surface area contributed by atoms with E-state index in [1.165, 1.54) is 6.07 Å². The van der Waals surface area contributed by atoms with E-state index >= 15 is 0 Å². The minimum Gasteiger partial charge on any atom is -0.268 e. The Hall–Kier alpha value is -1.32. The first-order valence-electron chi connectivity index (χ1n) is 6.08. The van der Waals surface area contributed by atoms with Gasteiger partial charge in [0.1, 0.15) is 0 Å². The lowest BCUT2D eigenvalue weighted by molar-refractivity contribution is 0.734. The maximum atomic E-state index is 11.0. The summed E-state index contributed by atoms with van der Waals surface area (Å²) >= 11 is 12.6. The van der Waals surface area contributed by atoms with Gasteiger partial charge in [-0.25, -0.2) is 5.10 Å². The van der Waals surface area contributed by atoms with Crippen molar-refractivity contribution in [1.82, 2.24) is 10.2 Å². The fraction of sp³-hybridized carbons (Fsp3) is 0.286. The summed E-state index contributed by atoms with van der Waals surface area (Å²) in [7, 11) is 0. The second-order valence-electron chi connectivity index (χ2n) is 4.47. The molecule has 1 aromatic heterocycles. The molecule has 0 spiro atoms. The van der Waals surface area contributed by atoms with E-state index in [-0.39, 0.29) is 5.56 Å². The highest BCUT2D eigenvalue weighted by Crippen LogP contribution is 2.36. The maximum Gasteiger partial charge on any atom is 0.264 e. The van der Waals surface area contributed by atoms with E-state index in [0.717, 1.165) is 17.5 Å². The van der Waals surface area contributed by atoms with E-state index in [1.807, 2.05) is 12.1 Å². The maximum absolute atomic E-state index is 11.0. The molecule has 0 aliphatic carbocycles. The van der Waals surface area contributed by atoms with Gasteiger partial charge < -0.3 is 0 Å². The van der Waals surface area contributed by atoms with E-state index < -0.39 is 0 Å². The highest BCUT2D eigenvalue weighted by Gasteiger charge is 2.14. The summed E-state index contributed by atoms with van der Waals surface area (Å²) in [6, 6.07) is 6.72. The zero-order valence-electron chi connectivity index (χ0n) is 10.7. The van der Waals surface area contributed by atoms with Crippen LogP contribution in [0.25, 0.3) is 11.3 Å². The summed E-state index contributed by atoms with van der Waals surface area (Å²) in [5, 5.41) is 7.62. The van der Waals surface area contributed by atoms with Gasteiger partial charge in [-0.3, -0.25) is 4.79 Å². The van der Waals surface area contributed by atoms with Gasteiger partial charge >= 0.3 is 0 Å². The summed E-state index contributed by atoms with van der Waals surface area (Å²) in [6.45, 7) is 4.18. The molecule has 2 rings (SSSR count). The van der Waals surface area contributed by atoms with Crippen molar-refractivity contribution in [1.29, 1.82) is 0 Å². The molecule has 1 N–H and O–H groups in total. The minimum absolute atomic E-state index is 0.239. The van der Waals surface area contributed by atoms with Crippen molar-refractivity contribution in [2.45, 2.75) is 26.2 Å². The smallest absolute Gasteiger partial charge is 0.264 e. The Labute approximate surface area is 121 Å². The van der Waals surface area contributed by atoms with Crippen molar-refractivity contribution < 1.29 is 0 Å². The van der Waals surface area contributed by atoms with Crippen LogP contribution in [-0.2, 0) is 0 Å². The van der Waals surface area contributed by atoms with Gasteiger partial charge in [-0.15, -0.1) is 0 Å². The van der Waals surface area contributed by atoms with Crippen LogP contribution in [0.3, 0.4) is 0 Å². The van der Waals surface area contributed by atoms with Crippen molar-refractivity contribution in [3.05, 3.63) is 50.2 Å². The molecule has 1 heterocycles. The molecule has 0 fully saturated rings. The lowest BCUT2D eigenvalue weighted by Crippen LogP contribution is -2.05. The molecule has 1 atom stereocenters. The third kappa shape index (κ3) is 2.99. The van der Waals surface area contributed by atoms with Crippen molar-refractivity contribution in [2.24, 2.45) is 0 Å². The summed E-state index contributed by atoms with van der Waals surface area (Å²) in [5.41, 5.74) is 2.15. The molecule has 100 valence electrons. The number of benzene rings is 1. The molecule has 0 radical (unpaired) electrons. The number of nitrogens with zero attached hydrogens (tertiary/aromatic N) is 1. The van der Waals surface area contributed by atoms with Crippen LogP contribution >= 0.6 is 23.2 Å². The molecule has 5 heteroatoms. The molecule has 2 aromatic rings. The normalized spacial score (nSPS) is 12.4. The number of hydrogen-bond acceptors (Lipinski definition) is 2. The Morgan fingerprint density at radius 3 is 2.37 bits per heavy atom. The Morgan fingerprint density at radius 1 is 1.26 bits per heavy atom. The van der Waals surface area contributed by atoms with Crippen LogP contribution in [0.1, 0.15) is 31.7 Å². The van der Waals surface area contributed by atoms with Crippen LogP contribution in [0.2, 0.25) is 10.0 Å². The number of hydrogen-bond donors (Lipinski definition) is 1. The summed E-state index contributed by atoms with van der Waals surface area (Å²) < 4.78 is 0. The fourth-order valence-electron chi connectivity index (χ4n) is 1.91. The standard InChI is InChI=1S/C14H14Cl2N2O/c1-3-8(2)14-10(15)6-9(7-11(14)16)12-4-5-13(19)18-17-12/h4-8H,3H2,1-2H3,(H,18,19). The van der Waals surface area contributed by atoms with Gasteiger partial charge in [0.2, 0.25) is 0 Å². The third-order valence-corrected chi connectivity index (χ3v) is 3.78. The Balaban J connectivity index is 2.50. The van der Waals surface area contributed by atoms with Crippen molar-refractivity contribution in [3.8, 4) is 11.3 Å². The Kier molecular flexibility index (Phi) is 4.27. The third-order valence-electron chi connectivity index (χ3n) is 3.16. The van der Waals surface area contributed by atoms with E-state index in [0.29, 0.717) is 21.7 Å². The molecule has 0 saturated heterocycles. The predicted octanol–water partition coefficient (Wildman–Crippen LogP) is 4.26. The molecule has 0 saturated carbocycles. The first-order chi connectivity index (χ1) is 9.02. The fourth-order valence-corrected chi connectivity index (χ4v) is 2.77. The van der Waals surface area contributed by atoms with Gasteiger partial charge in [0, 0.05) is 21.7 Å². The van der Waals surface area contributed by atoms with Gasteiger partial charge in [-0.2, -0.15) is 5.10 Å². The second-order valence-corrected chi connectivity index (χ2v) is 5.28. The largest absolute Gasteiger partial charge is 0.268 e. The lowest BCUT2D eigenvalue weighted by atomic mass is 9.96. The zero-order valence-corrected chi connectivity index (χ0v) is 12.2. The van der Waals surface area contributed by atoms with Crippen molar-refractivity contribution in [3.63, 3.8) is 0 Å². The summed E-state index contributed by atoms with van der Waals surface area (Å²) in [5.74, 6) is 0.303. The van der Waals surface area contributed by atoms with E-state index in [9.17, 15) is 4.79 Å². The molecular formula is C14H14Cl2N2O. The van der Waals surface area contributed by atoms with Crippen molar-refractivity contribution >= 4 is 23.2 Å². The number of aromatic amines is 1. The van der Waals surface area contributed by atoms with Gasteiger partial charge in [0.15, 0.2) is 0 Å². The first kappa shape index (κ1) is 14.1. The summed E-state index contributed by atoms with van der Waals surface area (Å²) in [6.07, 6.45) is 0.968. The lowest BCUT2D eigenvalue weighted by Gasteiger charge is -2.14. The predicted molar refractivity (Wildman–Crippen MR) is 79.0 cm³/mol. The van der Waals surface area contributed by atoms with Crippen LogP contribution in [0.15, 0.2) is 29.1 Å². The van der Waals surface area contributed by atoms with E-state index in [2.05, 4.69) is 24.0 Å². The molecule has 3 nitrogen and oxygen atoms in total. The van der Waals surface area contributed by atoms with Gasteiger partial charge in [0.05, 0.1) is 5.69 Å². The molecule has 19 heavy (non-hydrogen) atoms. The number of nitrogens with one attached hydrogen (secondary N) is 1. The molecule has 0 bridgehead atoms. The van der Waals surface area contributed by atoms with E-state index in [1.54, 1.807) is 6.07 Å². The van der Waals surface area contributed by atoms with Crippen LogP contribution < -0.4 is 5.56 Å². The quantitative estimate of drug-likeness (QED) is 0.920. The van der Waals surface area contributed by atoms with Crippen LogP contribution in [-0.4, -0.2) is 10.2 Å². The highest BCUT2D eigenvalue weighted by atomic mass is 35.5. The van der Waals surface area contributed by atoms with Gasteiger partial charge in [-0.05, 0) is 36.1 Å². The summed E-state index contributed by atoms with van der Waals surface area (Å²) in [4.78, 5) is 11.0. The highest BCUT2D eigenvalue weighted by molar-refractivity contribution is 6.36. The Bertz CT molecular complexity index is 609. The van der Waals surface area contributed by atoms with Crippen LogP contribution in [0.5, 0.6) is 0 Å². The minimum atomic E-state index is -0.239. The van der Waals surface area contributed by atoms with Gasteiger partial charge in [0.25, 0.3) is 5.56 Å². The van der Waals surface area contributed by atoms with Crippen LogP contribution in [0.4, 0.5) is 0 Å². The molecule has 0 aliphatic heterocycles. The Morgan fingerprint density at radius 2 is 1.89 bits per heavy atom. The van der Waals surface area contributed by atoms with Gasteiger partial charge in [-0.1, -0.05) is 37.0 Å².